The summed E-state index contributed by atoms with van der Waals surface area (Å²) in [7, 11) is -3.42. The maximum absolute atomic E-state index is 14.5. The zero-order valence-electron chi connectivity index (χ0n) is 18.7. The third kappa shape index (κ3) is 4.17. The van der Waals surface area contributed by atoms with Gasteiger partial charge >= 0.3 is 0 Å². The molecule has 5 rings (SSSR count). The van der Waals surface area contributed by atoms with Crippen LogP contribution in [0.4, 0.5) is 13.2 Å². The zero-order valence-corrected chi connectivity index (χ0v) is 19.6. The molecule has 0 aromatic heterocycles. The lowest BCUT2D eigenvalue weighted by Gasteiger charge is -2.30. The molecule has 0 spiro atoms. The van der Waals surface area contributed by atoms with E-state index < -0.39 is 49.9 Å². The number of halogens is 3. The summed E-state index contributed by atoms with van der Waals surface area (Å²) in [5.74, 6) is -3.61. The normalized spacial score (nSPS) is 17.4. The van der Waals surface area contributed by atoms with E-state index in [1.54, 1.807) is 42.5 Å². The molecule has 0 saturated heterocycles. The molecule has 0 saturated carbocycles. The monoisotopic (exact) mass is 513 g/mol. The van der Waals surface area contributed by atoms with E-state index in [0.29, 0.717) is 34.2 Å². The smallest absolute Gasteiger partial charge is 0.257 e. The number of fused-ring (bicyclic) bond motifs is 3. The highest BCUT2D eigenvalue weighted by Crippen LogP contribution is 2.42. The summed E-state index contributed by atoms with van der Waals surface area (Å²) in [5.41, 5.74) is 1.40. The molecule has 0 bridgehead atoms. The van der Waals surface area contributed by atoms with E-state index in [4.69, 9.17) is 4.74 Å². The number of hydrogen-bond acceptors (Lipinski definition) is 5. The van der Waals surface area contributed by atoms with Crippen LogP contribution in [0.5, 0.6) is 5.75 Å². The van der Waals surface area contributed by atoms with E-state index in [9.17, 15) is 31.7 Å². The zero-order chi connectivity index (χ0) is 25.8. The second-order valence-corrected chi connectivity index (χ2v) is 10.7. The van der Waals surface area contributed by atoms with E-state index in [-0.39, 0.29) is 17.1 Å². The molecule has 0 fully saturated rings. The van der Waals surface area contributed by atoms with Crippen LogP contribution >= 0.6 is 0 Å². The van der Waals surface area contributed by atoms with Crippen molar-refractivity contribution < 1.29 is 31.2 Å². The number of benzene rings is 4. The lowest BCUT2D eigenvalue weighted by molar-refractivity contribution is -0.535. The molecule has 10 heteroatoms. The molecule has 4 aromatic carbocycles. The van der Waals surface area contributed by atoms with Crippen molar-refractivity contribution in [3.8, 4) is 16.9 Å². The van der Waals surface area contributed by atoms with E-state index in [1.807, 2.05) is 6.07 Å². The van der Waals surface area contributed by atoms with Crippen molar-refractivity contribution in [2.45, 2.75) is 23.5 Å². The number of rotatable bonds is 4. The van der Waals surface area contributed by atoms with Gasteiger partial charge in [0.25, 0.3) is 6.04 Å². The summed E-state index contributed by atoms with van der Waals surface area (Å²) in [6, 6.07) is 14.6. The molecule has 6 nitrogen and oxygen atoms in total. The van der Waals surface area contributed by atoms with Crippen LogP contribution in [0.3, 0.4) is 0 Å². The predicted molar refractivity (Wildman–Crippen MR) is 127 cm³/mol. The van der Waals surface area contributed by atoms with Crippen LogP contribution < -0.4 is 4.74 Å². The van der Waals surface area contributed by atoms with Crippen LogP contribution in [-0.4, -0.2) is 25.6 Å². The highest BCUT2D eigenvalue weighted by Gasteiger charge is 2.42. The van der Waals surface area contributed by atoms with Crippen molar-refractivity contribution in [2.75, 3.05) is 6.26 Å². The Hall–Kier alpha value is -3.92. The summed E-state index contributed by atoms with van der Waals surface area (Å²) in [6.07, 6.45) is -0.491. The summed E-state index contributed by atoms with van der Waals surface area (Å²) in [5, 5.41) is 13.4. The standard InChI is InChI=1S/C26H18F3NO5S/c1-36(33,34)17-4-2-3-15(9-17)16-6-5-14-7-8-25-19(18(14)10-16)12-24(30(31)32)26(35-25)20-11-22(28)23(29)13-21(20)27/h2-11,13,24,26H,12H2,1H3. The molecule has 36 heavy (non-hydrogen) atoms. The van der Waals surface area contributed by atoms with Gasteiger partial charge in [-0.25, -0.2) is 21.6 Å². The second-order valence-electron chi connectivity index (χ2n) is 8.66. The minimum absolute atomic E-state index is 0.143. The summed E-state index contributed by atoms with van der Waals surface area (Å²) in [4.78, 5) is 11.5. The topological polar surface area (TPSA) is 86.5 Å². The molecule has 4 aromatic rings. The van der Waals surface area contributed by atoms with Crippen molar-refractivity contribution in [1.29, 1.82) is 0 Å². The number of nitro groups is 1. The van der Waals surface area contributed by atoms with E-state index in [1.165, 1.54) is 6.07 Å². The molecule has 1 heterocycles. The highest BCUT2D eigenvalue weighted by molar-refractivity contribution is 7.90. The lowest BCUT2D eigenvalue weighted by Crippen LogP contribution is -2.37. The molecule has 2 atom stereocenters. The van der Waals surface area contributed by atoms with Crippen LogP contribution in [0.2, 0.25) is 0 Å². The Morgan fingerprint density at radius 1 is 0.917 bits per heavy atom. The number of sulfone groups is 1. The summed E-state index contributed by atoms with van der Waals surface area (Å²) in [6.45, 7) is 0. The van der Waals surface area contributed by atoms with Crippen LogP contribution in [0.15, 0.2) is 71.6 Å². The molecule has 0 aliphatic carbocycles. The van der Waals surface area contributed by atoms with Gasteiger partial charge in [-0.3, -0.25) is 10.1 Å². The molecule has 1 aliphatic rings. The minimum atomic E-state index is -3.42. The largest absolute Gasteiger partial charge is 0.478 e. The molecule has 0 N–H and O–H groups in total. The molecular weight excluding hydrogens is 495 g/mol. The average Bonchev–Trinajstić information content (AvgIpc) is 2.84. The van der Waals surface area contributed by atoms with Crippen molar-refractivity contribution in [1.82, 2.24) is 0 Å². The molecule has 184 valence electrons. The van der Waals surface area contributed by atoms with Crippen molar-refractivity contribution in [2.24, 2.45) is 0 Å². The summed E-state index contributed by atoms with van der Waals surface area (Å²) >= 11 is 0. The number of hydrogen-bond donors (Lipinski definition) is 0. The third-order valence-corrected chi connectivity index (χ3v) is 7.43. The number of nitrogens with zero attached hydrogens (tertiary/aromatic N) is 1. The SMILES string of the molecule is CS(=O)(=O)c1cccc(-c2ccc3ccc4c(c3c2)CC([N+](=O)[O-])C(c2cc(F)c(F)cc2F)O4)c1. The fourth-order valence-electron chi connectivity index (χ4n) is 4.51. The Balaban J connectivity index is 1.63. The maximum atomic E-state index is 14.5. The van der Waals surface area contributed by atoms with Crippen LogP contribution in [-0.2, 0) is 16.3 Å². The quantitative estimate of drug-likeness (QED) is 0.200. The second kappa shape index (κ2) is 8.63. The van der Waals surface area contributed by atoms with Crippen LogP contribution in [0.1, 0.15) is 17.2 Å². The van der Waals surface area contributed by atoms with Gasteiger partial charge in [-0.2, -0.15) is 0 Å². The van der Waals surface area contributed by atoms with Gasteiger partial charge in [0.15, 0.2) is 27.6 Å². The Morgan fingerprint density at radius 2 is 1.61 bits per heavy atom. The fraction of sp³-hybridized carbons (Fsp3) is 0.154. The van der Waals surface area contributed by atoms with Crippen LogP contribution in [0.25, 0.3) is 21.9 Å². The first-order chi connectivity index (χ1) is 17.0. The molecule has 2 unspecified atom stereocenters. The van der Waals surface area contributed by atoms with Gasteiger partial charge in [0.05, 0.1) is 4.90 Å². The van der Waals surface area contributed by atoms with Gasteiger partial charge in [0, 0.05) is 34.8 Å². The lowest BCUT2D eigenvalue weighted by atomic mass is 9.89. The van der Waals surface area contributed by atoms with Gasteiger partial charge in [-0.1, -0.05) is 30.3 Å². The first-order valence-corrected chi connectivity index (χ1v) is 12.7. The molecule has 0 radical (unpaired) electrons. The Morgan fingerprint density at radius 3 is 2.33 bits per heavy atom. The summed E-state index contributed by atoms with van der Waals surface area (Å²) < 4.78 is 71.6. The third-order valence-electron chi connectivity index (χ3n) is 6.32. The molecular formula is C26H18F3NO5S. The number of ether oxygens (including phenoxy) is 1. The van der Waals surface area contributed by atoms with Crippen LogP contribution in [0, 0.1) is 27.6 Å². The van der Waals surface area contributed by atoms with E-state index in [0.717, 1.165) is 11.6 Å². The highest BCUT2D eigenvalue weighted by atomic mass is 32.2. The van der Waals surface area contributed by atoms with Crippen molar-refractivity contribution in [3.05, 3.63) is 105 Å². The average molecular weight is 513 g/mol. The van der Waals surface area contributed by atoms with Gasteiger partial charge in [0.1, 0.15) is 11.6 Å². The van der Waals surface area contributed by atoms with Crippen molar-refractivity contribution in [3.63, 3.8) is 0 Å². The first-order valence-electron chi connectivity index (χ1n) is 10.8. The Bertz CT molecular complexity index is 1660. The first kappa shape index (κ1) is 23.8. The Kier molecular flexibility index (Phi) is 5.71. The maximum Gasteiger partial charge on any atom is 0.257 e. The van der Waals surface area contributed by atoms with Gasteiger partial charge in [-0.05, 0) is 52.2 Å². The minimum Gasteiger partial charge on any atom is -0.478 e. The van der Waals surface area contributed by atoms with Gasteiger partial charge in [-0.15, -0.1) is 0 Å². The fourth-order valence-corrected chi connectivity index (χ4v) is 5.18. The molecule has 1 aliphatic heterocycles. The predicted octanol–water partition coefficient (Wildman–Crippen LogP) is 5.65. The van der Waals surface area contributed by atoms with E-state index >= 15 is 0 Å². The Labute approximate surface area is 204 Å². The van der Waals surface area contributed by atoms with E-state index in [2.05, 4.69) is 0 Å². The molecule has 0 amide bonds. The van der Waals surface area contributed by atoms with Crippen molar-refractivity contribution >= 4 is 20.6 Å². The van der Waals surface area contributed by atoms with Gasteiger partial charge < -0.3 is 4.74 Å². The van der Waals surface area contributed by atoms with Gasteiger partial charge in [0.2, 0.25) is 0 Å².